The van der Waals surface area contributed by atoms with Crippen molar-refractivity contribution in [2.45, 2.75) is 25.7 Å². The fraction of sp³-hybridized carbons (Fsp3) is 0.375. The molecule has 1 aliphatic carbocycles. The van der Waals surface area contributed by atoms with Gasteiger partial charge in [-0.2, -0.15) is 0 Å². The van der Waals surface area contributed by atoms with E-state index in [0.717, 1.165) is 24.9 Å². The molecule has 1 fully saturated rings. The average molecular weight is 453 g/mol. The highest BCUT2D eigenvalue weighted by Gasteiger charge is 2.35. The van der Waals surface area contributed by atoms with Crippen LogP contribution in [0.3, 0.4) is 0 Å². The number of nitrogens with zero attached hydrogens (tertiary/aromatic N) is 1. The summed E-state index contributed by atoms with van der Waals surface area (Å²) in [6, 6.07) is 9.02. The first-order chi connectivity index (χ1) is 15.9. The fourth-order valence-electron chi connectivity index (χ4n) is 4.36. The number of amides is 3. The Hall–Kier alpha value is -3.75. The van der Waals surface area contributed by atoms with Gasteiger partial charge in [0.1, 0.15) is 0 Å². The zero-order chi connectivity index (χ0) is 23.5. The number of ether oxygens (including phenoxy) is 3. The quantitative estimate of drug-likeness (QED) is 0.649. The van der Waals surface area contributed by atoms with Crippen LogP contribution in [-0.2, 0) is 22.4 Å². The molecule has 1 heterocycles. The number of methoxy groups -OCH3 is 3. The van der Waals surface area contributed by atoms with Gasteiger partial charge in [-0.05, 0) is 54.7 Å². The molecule has 9 heteroatoms. The van der Waals surface area contributed by atoms with Gasteiger partial charge in [-0.15, -0.1) is 0 Å². The highest BCUT2D eigenvalue weighted by molar-refractivity contribution is 6.01. The number of fused-ring (bicyclic) bond motifs is 1. The molecule has 0 saturated carbocycles. The summed E-state index contributed by atoms with van der Waals surface area (Å²) in [5, 5.41) is 0. The maximum atomic E-state index is 12.7. The summed E-state index contributed by atoms with van der Waals surface area (Å²) >= 11 is 0. The first-order valence-electron chi connectivity index (χ1n) is 10.8. The Labute approximate surface area is 192 Å². The number of aryl methyl sites for hydroxylation is 2. The molecule has 9 nitrogen and oxygen atoms in total. The van der Waals surface area contributed by atoms with Crippen LogP contribution in [0.1, 0.15) is 34.3 Å². The van der Waals surface area contributed by atoms with E-state index in [4.69, 9.17) is 14.2 Å². The van der Waals surface area contributed by atoms with E-state index in [1.165, 1.54) is 44.6 Å². The monoisotopic (exact) mass is 453 g/mol. The van der Waals surface area contributed by atoms with Crippen LogP contribution in [0.5, 0.6) is 17.2 Å². The maximum Gasteiger partial charge on any atom is 0.269 e. The third-order valence-corrected chi connectivity index (χ3v) is 6.12. The molecule has 2 aliphatic rings. The van der Waals surface area contributed by atoms with Gasteiger partial charge in [0, 0.05) is 24.2 Å². The molecule has 1 saturated heterocycles. The molecule has 2 N–H and O–H groups in total. The topological polar surface area (TPSA) is 106 Å². The molecule has 174 valence electrons. The second-order valence-electron chi connectivity index (χ2n) is 8.07. The lowest BCUT2D eigenvalue weighted by Crippen LogP contribution is -2.45. The first kappa shape index (κ1) is 22.4. The van der Waals surface area contributed by atoms with Crippen molar-refractivity contribution in [3.63, 3.8) is 0 Å². The minimum atomic E-state index is -0.564. The number of hydrogen-bond donors (Lipinski definition) is 2. The Morgan fingerprint density at radius 2 is 1.64 bits per heavy atom. The predicted octanol–water partition coefficient (Wildman–Crippen LogP) is 2.02. The first-order valence-corrected chi connectivity index (χ1v) is 10.8. The molecule has 0 radical (unpaired) electrons. The summed E-state index contributed by atoms with van der Waals surface area (Å²) in [6.45, 7) is 0.267. The highest BCUT2D eigenvalue weighted by atomic mass is 16.5. The molecule has 3 amide bonds. The molecule has 1 atom stereocenters. The molecule has 1 unspecified atom stereocenters. The smallest absolute Gasteiger partial charge is 0.269 e. The van der Waals surface area contributed by atoms with E-state index in [9.17, 15) is 14.4 Å². The molecule has 33 heavy (non-hydrogen) atoms. The number of carbonyl (C=O) groups is 3. The van der Waals surface area contributed by atoms with Crippen LogP contribution < -0.4 is 30.0 Å². The van der Waals surface area contributed by atoms with E-state index in [0.29, 0.717) is 17.2 Å². The normalized spacial score (nSPS) is 16.9. The van der Waals surface area contributed by atoms with E-state index in [1.54, 1.807) is 4.90 Å². The minimum absolute atomic E-state index is 0.0863. The van der Waals surface area contributed by atoms with Crippen molar-refractivity contribution in [2.24, 2.45) is 5.92 Å². The Bertz CT molecular complexity index is 1070. The summed E-state index contributed by atoms with van der Waals surface area (Å²) in [6.07, 6.45) is 3.30. The van der Waals surface area contributed by atoms with Crippen LogP contribution in [0, 0.1) is 5.92 Å². The second kappa shape index (κ2) is 9.40. The van der Waals surface area contributed by atoms with Gasteiger partial charge in [-0.25, -0.2) is 0 Å². The van der Waals surface area contributed by atoms with Gasteiger partial charge < -0.3 is 19.1 Å². The molecule has 0 spiro atoms. The zero-order valence-corrected chi connectivity index (χ0v) is 18.9. The van der Waals surface area contributed by atoms with Crippen LogP contribution in [0.25, 0.3) is 0 Å². The largest absolute Gasteiger partial charge is 0.493 e. The SMILES string of the molecule is COc1cc(C(=O)NNC(=O)C2CC(=O)N(c3ccc4c(c3)CCC4)C2)cc(OC)c1OC. The molecule has 2 aromatic carbocycles. The second-order valence-corrected chi connectivity index (χ2v) is 8.07. The van der Waals surface area contributed by atoms with E-state index in [-0.39, 0.29) is 24.4 Å². The van der Waals surface area contributed by atoms with Gasteiger partial charge >= 0.3 is 0 Å². The van der Waals surface area contributed by atoms with Crippen LogP contribution in [0.15, 0.2) is 30.3 Å². The zero-order valence-electron chi connectivity index (χ0n) is 18.9. The van der Waals surface area contributed by atoms with E-state index in [2.05, 4.69) is 16.9 Å². The van der Waals surface area contributed by atoms with E-state index < -0.39 is 17.7 Å². The van der Waals surface area contributed by atoms with Crippen molar-refractivity contribution in [1.29, 1.82) is 0 Å². The van der Waals surface area contributed by atoms with Gasteiger partial charge in [0.25, 0.3) is 5.91 Å². The van der Waals surface area contributed by atoms with Gasteiger partial charge in [0.05, 0.1) is 27.2 Å². The summed E-state index contributed by atoms with van der Waals surface area (Å²) in [5.41, 5.74) is 8.46. The molecular formula is C24H27N3O6. The van der Waals surface area contributed by atoms with Crippen molar-refractivity contribution >= 4 is 23.4 Å². The number of benzene rings is 2. The van der Waals surface area contributed by atoms with Gasteiger partial charge in [-0.1, -0.05) is 6.07 Å². The number of carbonyl (C=O) groups excluding carboxylic acids is 3. The number of nitrogens with one attached hydrogen (secondary N) is 2. The molecule has 4 rings (SSSR count). The predicted molar refractivity (Wildman–Crippen MR) is 121 cm³/mol. The van der Waals surface area contributed by atoms with Crippen molar-refractivity contribution in [1.82, 2.24) is 10.9 Å². The summed E-state index contributed by atoms with van der Waals surface area (Å²) in [7, 11) is 4.37. The van der Waals surface area contributed by atoms with Crippen LogP contribution in [0.2, 0.25) is 0 Å². The standard InChI is InChI=1S/C24H27N3O6/c1-31-19-10-16(11-20(32-2)22(19)33-3)23(29)25-26-24(30)17-12-21(28)27(13-17)18-8-7-14-5-4-6-15(14)9-18/h7-11,17H,4-6,12-13H2,1-3H3,(H,25,29)(H,26,30). The average Bonchev–Trinajstić information content (AvgIpc) is 3.47. The number of hydrogen-bond acceptors (Lipinski definition) is 6. The molecule has 0 aromatic heterocycles. The van der Waals surface area contributed by atoms with E-state index in [1.807, 2.05) is 12.1 Å². The maximum absolute atomic E-state index is 12.7. The molecule has 1 aliphatic heterocycles. The highest BCUT2D eigenvalue weighted by Crippen LogP contribution is 2.38. The number of rotatable bonds is 6. The van der Waals surface area contributed by atoms with Crippen molar-refractivity contribution < 1.29 is 28.6 Å². The van der Waals surface area contributed by atoms with Gasteiger partial charge in [0.2, 0.25) is 17.6 Å². The fourth-order valence-corrected chi connectivity index (χ4v) is 4.36. The lowest BCUT2D eigenvalue weighted by Gasteiger charge is -2.18. The van der Waals surface area contributed by atoms with Crippen molar-refractivity contribution in [3.8, 4) is 17.2 Å². The van der Waals surface area contributed by atoms with E-state index >= 15 is 0 Å². The molecule has 0 bridgehead atoms. The Balaban J connectivity index is 1.39. The Morgan fingerprint density at radius 3 is 2.30 bits per heavy atom. The Morgan fingerprint density at radius 1 is 0.939 bits per heavy atom. The van der Waals surface area contributed by atoms with Crippen LogP contribution in [-0.4, -0.2) is 45.6 Å². The van der Waals surface area contributed by atoms with Gasteiger partial charge in [-0.3, -0.25) is 25.2 Å². The summed E-state index contributed by atoms with van der Waals surface area (Å²) < 4.78 is 15.8. The third kappa shape index (κ3) is 4.44. The number of anilines is 1. The van der Waals surface area contributed by atoms with Crippen molar-refractivity contribution in [2.75, 3.05) is 32.8 Å². The molecule has 2 aromatic rings. The van der Waals surface area contributed by atoms with Gasteiger partial charge in [0.15, 0.2) is 11.5 Å². The third-order valence-electron chi connectivity index (χ3n) is 6.12. The molecular weight excluding hydrogens is 426 g/mol. The van der Waals surface area contributed by atoms with Crippen molar-refractivity contribution in [3.05, 3.63) is 47.0 Å². The minimum Gasteiger partial charge on any atom is -0.493 e. The summed E-state index contributed by atoms with van der Waals surface area (Å²) in [4.78, 5) is 39.5. The number of hydrazine groups is 1. The Kier molecular flexibility index (Phi) is 6.39. The lowest BCUT2D eigenvalue weighted by molar-refractivity contribution is -0.126. The summed E-state index contributed by atoms with van der Waals surface area (Å²) in [5.74, 6) is -0.652. The lowest BCUT2D eigenvalue weighted by atomic mass is 10.1. The van der Waals surface area contributed by atoms with Crippen LogP contribution in [0.4, 0.5) is 5.69 Å². The van der Waals surface area contributed by atoms with Crippen LogP contribution >= 0.6 is 0 Å².